The summed E-state index contributed by atoms with van der Waals surface area (Å²) in [6.45, 7) is 1.94. The fourth-order valence-electron chi connectivity index (χ4n) is 3.14. The van der Waals surface area contributed by atoms with Crippen molar-refractivity contribution in [1.82, 2.24) is 10.2 Å². The molecule has 1 saturated heterocycles. The molecule has 2 heterocycles. The lowest BCUT2D eigenvalue weighted by molar-refractivity contribution is 0.0689. The first-order valence-corrected chi connectivity index (χ1v) is 10.6. The Balaban J connectivity index is 1.44. The lowest BCUT2D eigenvalue weighted by atomic mass is 9.90. The summed E-state index contributed by atoms with van der Waals surface area (Å²) in [5, 5.41) is 15.4. The number of rotatable bonds is 5. The third-order valence-electron chi connectivity index (χ3n) is 4.71. The van der Waals surface area contributed by atoms with Gasteiger partial charge in [-0.05, 0) is 54.2 Å². The molecule has 2 aromatic rings. The number of nitrogens with one attached hydrogen (secondary N) is 1. The minimum absolute atomic E-state index is 0.0157. The molecular formula is C19H24N2O2S2. The smallest absolute Gasteiger partial charge is 0.317 e. The lowest BCUT2D eigenvalue weighted by Crippen LogP contribution is -2.44. The Morgan fingerprint density at radius 3 is 2.64 bits per heavy atom. The van der Waals surface area contributed by atoms with E-state index in [1.54, 1.807) is 23.1 Å². The molecule has 1 atom stereocenters. The van der Waals surface area contributed by atoms with Crippen LogP contribution in [0, 0.1) is 5.92 Å². The Morgan fingerprint density at radius 1 is 1.32 bits per heavy atom. The van der Waals surface area contributed by atoms with Crippen LogP contribution in [0.1, 0.15) is 29.4 Å². The van der Waals surface area contributed by atoms with Gasteiger partial charge in [0.05, 0.1) is 6.10 Å². The Morgan fingerprint density at radius 2 is 2.04 bits per heavy atom. The van der Waals surface area contributed by atoms with Crippen LogP contribution in [-0.2, 0) is 6.54 Å². The molecule has 2 N–H and O–H groups in total. The maximum atomic E-state index is 12.3. The number of urea groups is 1. The minimum atomic E-state index is -0.403. The standard InChI is InChI=1S/C19H24N2O2S2/c1-24-16-6-4-14(5-7-16)13-20-19(23)21-10-8-15(9-11-21)18(22)17-3-2-12-25-17/h2-7,12,15,18,22H,8-11,13H2,1H3,(H,20,23)/t18-/m1/s1. The first-order chi connectivity index (χ1) is 12.2. The average Bonchev–Trinajstić information content (AvgIpc) is 3.21. The van der Waals surface area contributed by atoms with Crippen molar-refractivity contribution in [3.8, 4) is 0 Å². The van der Waals surface area contributed by atoms with Crippen LogP contribution in [0.3, 0.4) is 0 Å². The summed E-state index contributed by atoms with van der Waals surface area (Å²) in [7, 11) is 0. The molecule has 2 amide bonds. The number of benzene rings is 1. The highest BCUT2D eigenvalue weighted by molar-refractivity contribution is 7.98. The van der Waals surface area contributed by atoms with E-state index < -0.39 is 6.10 Å². The number of thiophene rings is 1. The predicted molar refractivity (Wildman–Crippen MR) is 104 cm³/mol. The van der Waals surface area contributed by atoms with Crippen LogP contribution in [0.25, 0.3) is 0 Å². The molecule has 3 rings (SSSR count). The number of amides is 2. The van der Waals surface area contributed by atoms with Crippen LogP contribution >= 0.6 is 23.1 Å². The third-order valence-corrected chi connectivity index (χ3v) is 6.40. The Kier molecular flexibility index (Phi) is 6.39. The van der Waals surface area contributed by atoms with Gasteiger partial charge in [0.1, 0.15) is 0 Å². The number of carbonyl (C=O) groups is 1. The number of carbonyl (C=O) groups excluding carboxylic acids is 1. The van der Waals surface area contributed by atoms with Gasteiger partial charge in [0, 0.05) is 29.4 Å². The van der Waals surface area contributed by atoms with Crippen LogP contribution in [0.4, 0.5) is 4.79 Å². The molecule has 134 valence electrons. The van der Waals surface area contributed by atoms with Gasteiger partial charge in [-0.2, -0.15) is 0 Å². The maximum Gasteiger partial charge on any atom is 0.317 e. The van der Waals surface area contributed by atoms with Crippen molar-refractivity contribution in [2.45, 2.75) is 30.4 Å². The molecule has 1 aliphatic heterocycles. The van der Waals surface area contributed by atoms with E-state index in [4.69, 9.17) is 0 Å². The van der Waals surface area contributed by atoms with Crippen molar-refractivity contribution in [1.29, 1.82) is 0 Å². The van der Waals surface area contributed by atoms with Crippen LogP contribution in [0.2, 0.25) is 0 Å². The molecule has 1 aliphatic rings. The summed E-state index contributed by atoms with van der Waals surface area (Å²) in [6.07, 6.45) is 3.33. The molecule has 1 fully saturated rings. The number of aliphatic hydroxyl groups excluding tert-OH is 1. The van der Waals surface area contributed by atoms with Crippen molar-refractivity contribution >= 4 is 29.1 Å². The first-order valence-electron chi connectivity index (χ1n) is 8.54. The fraction of sp³-hybridized carbons (Fsp3) is 0.421. The zero-order chi connectivity index (χ0) is 17.6. The Bertz CT molecular complexity index is 665. The molecule has 1 aromatic heterocycles. The van der Waals surface area contributed by atoms with E-state index in [1.165, 1.54) is 4.90 Å². The monoisotopic (exact) mass is 376 g/mol. The fourth-order valence-corrected chi connectivity index (χ4v) is 4.35. The van der Waals surface area contributed by atoms with Gasteiger partial charge in [-0.15, -0.1) is 23.1 Å². The molecule has 1 aromatic carbocycles. The second kappa shape index (κ2) is 8.74. The van der Waals surface area contributed by atoms with Crippen LogP contribution in [-0.4, -0.2) is 35.4 Å². The number of aliphatic hydroxyl groups is 1. The maximum absolute atomic E-state index is 12.3. The van der Waals surface area contributed by atoms with Gasteiger partial charge >= 0.3 is 6.03 Å². The first kappa shape index (κ1) is 18.3. The molecule has 0 bridgehead atoms. The van der Waals surface area contributed by atoms with Gasteiger partial charge in [-0.25, -0.2) is 4.79 Å². The van der Waals surface area contributed by atoms with Crippen molar-refractivity contribution in [2.24, 2.45) is 5.92 Å². The van der Waals surface area contributed by atoms with E-state index in [0.29, 0.717) is 19.6 Å². The van der Waals surface area contributed by atoms with E-state index in [-0.39, 0.29) is 11.9 Å². The molecule has 4 nitrogen and oxygen atoms in total. The molecular weight excluding hydrogens is 352 g/mol. The zero-order valence-corrected chi connectivity index (χ0v) is 16.0. The predicted octanol–water partition coefficient (Wildman–Crippen LogP) is 4.13. The SMILES string of the molecule is CSc1ccc(CNC(=O)N2CCC([C@@H](O)c3cccs3)CC2)cc1. The van der Waals surface area contributed by atoms with E-state index in [0.717, 1.165) is 23.3 Å². The van der Waals surface area contributed by atoms with Gasteiger partial charge in [-0.3, -0.25) is 0 Å². The van der Waals surface area contributed by atoms with Gasteiger partial charge in [0.2, 0.25) is 0 Å². The number of piperidine rings is 1. The third kappa shape index (κ3) is 4.77. The second-order valence-electron chi connectivity index (χ2n) is 6.29. The largest absolute Gasteiger partial charge is 0.387 e. The number of hydrogen-bond donors (Lipinski definition) is 2. The van der Waals surface area contributed by atoms with Crippen molar-refractivity contribution < 1.29 is 9.90 Å². The van der Waals surface area contributed by atoms with Crippen molar-refractivity contribution in [3.63, 3.8) is 0 Å². The van der Waals surface area contributed by atoms with Crippen LogP contribution < -0.4 is 5.32 Å². The number of nitrogens with zero attached hydrogens (tertiary/aromatic N) is 1. The molecule has 6 heteroatoms. The number of likely N-dealkylation sites (tertiary alicyclic amines) is 1. The van der Waals surface area contributed by atoms with Crippen LogP contribution in [0.5, 0.6) is 0 Å². The summed E-state index contributed by atoms with van der Waals surface area (Å²) in [5.74, 6) is 0.238. The van der Waals surface area contributed by atoms with Crippen molar-refractivity contribution in [2.75, 3.05) is 19.3 Å². The minimum Gasteiger partial charge on any atom is -0.387 e. The molecule has 0 aliphatic carbocycles. The summed E-state index contributed by atoms with van der Waals surface area (Å²) < 4.78 is 0. The summed E-state index contributed by atoms with van der Waals surface area (Å²) in [5.41, 5.74) is 1.11. The average molecular weight is 377 g/mol. The van der Waals surface area contributed by atoms with E-state index in [9.17, 15) is 9.90 Å². The van der Waals surface area contributed by atoms with Crippen molar-refractivity contribution in [3.05, 3.63) is 52.2 Å². The zero-order valence-electron chi connectivity index (χ0n) is 14.4. The quantitative estimate of drug-likeness (QED) is 0.772. The second-order valence-corrected chi connectivity index (χ2v) is 8.15. The number of thioether (sulfide) groups is 1. The van der Waals surface area contributed by atoms with Gasteiger partial charge < -0.3 is 15.3 Å². The summed E-state index contributed by atoms with van der Waals surface area (Å²) >= 11 is 3.31. The van der Waals surface area contributed by atoms with Gasteiger partial charge in [-0.1, -0.05) is 18.2 Å². The molecule has 0 spiro atoms. The van der Waals surface area contributed by atoms with E-state index in [1.807, 2.05) is 22.4 Å². The molecule has 0 unspecified atom stereocenters. The topological polar surface area (TPSA) is 52.6 Å². The highest BCUT2D eigenvalue weighted by atomic mass is 32.2. The molecule has 25 heavy (non-hydrogen) atoms. The highest BCUT2D eigenvalue weighted by Crippen LogP contribution is 2.32. The normalized spacial score (nSPS) is 16.6. The number of hydrogen-bond acceptors (Lipinski definition) is 4. The Labute approximate surface area is 157 Å². The highest BCUT2D eigenvalue weighted by Gasteiger charge is 2.28. The lowest BCUT2D eigenvalue weighted by Gasteiger charge is -2.34. The van der Waals surface area contributed by atoms with Gasteiger partial charge in [0.15, 0.2) is 0 Å². The van der Waals surface area contributed by atoms with E-state index in [2.05, 4.69) is 35.8 Å². The summed E-state index contributed by atoms with van der Waals surface area (Å²) in [4.78, 5) is 16.5. The molecule has 0 radical (unpaired) electrons. The van der Waals surface area contributed by atoms with E-state index >= 15 is 0 Å². The molecule has 0 saturated carbocycles. The summed E-state index contributed by atoms with van der Waals surface area (Å²) in [6, 6.07) is 12.2. The van der Waals surface area contributed by atoms with Crippen LogP contribution in [0.15, 0.2) is 46.7 Å². The Hall–Kier alpha value is -1.50. The van der Waals surface area contributed by atoms with Gasteiger partial charge in [0.25, 0.3) is 0 Å².